The second-order valence-electron chi connectivity index (χ2n) is 0.798. The Balaban J connectivity index is -0.0000000164. The van der Waals surface area contributed by atoms with E-state index < -0.39 is 0 Å². The van der Waals surface area contributed by atoms with Crippen molar-refractivity contribution in [2.45, 2.75) is 0 Å². The summed E-state index contributed by atoms with van der Waals surface area (Å²) in [7, 11) is 0. The van der Waals surface area contributed by atoms with E-state index in [1.807, 2.05) is 0 Å². The van der Waals surface area contributed by atoms with Gasteiger partial charge in [0.25, 0.3) is 0 Å². The summed E-state index contributed by atoms with van der Waals surface area (Å²) in [6.45, 7) is 0.472. The van der Waals surface area contributed by atoms with Gasteiger partial charge in [0.15, 0.2) is 0 Å². The van der Waals surface area contributed by atoms with Crippen LogP contribution in [0.4, 0.5) is 0 Å². The molecule has 14 nitrogen and oxygen atoms in total. The van der Waals surface area contributed by atoms with Crippen molar-refractivity contribution in [3.63, 3.8) is 0 Å². The molecule has 0 atom stereocenters. The Morgan fingerprint density at radius 2 is 0.722 bits per heavy atom. The van der Waals surface area contributed by atoms with Gasteiger partial charge in [0.1, 0.15) is 0 Å². The molecule has 0 bridgehead atoms. The van der Waals surface area contributed by atoms with Crippen molar-refractivity contribution in [3.05, 3.63) is 51.9 Å². The fraction of sp³-hybridized carbons (Fsp3) is 1.00. The maximum absolute atomic E-state index is 8.00. The van der Waals surface area contributed by atoms with Crippen molar-refractivity contribution in [1.82, 2.24) is 0 Å². The minimum Gasteiger partial charge on any atom is -0.679 e. The van der Waals surface area contributed by atoms with Crippen molar-refractivity contribution in [2.75, 3.05) is 13.1 Å². The van der Waals surface area contributed by atoms with Gasteiger partial charge in [-0.05, 0) is 0 Å². The van der Waals surface area contributed by atoms with Crippen LogP contribution in [0.1, 0.15) is 0 Å². The number of hydrogen-bond donors (Lipinski definition) is 0. The maximum atomic E-state index is 8.00. The molecule has 0 aromatic carbocycles. The van der Waals surface area contributed by atoms with E-state index in [1.165, 1.54) is 0 Å². The van der Waals surface area contributed by atoms with E-state index in [2.05, 4.69) is 0 Å². The summed E-state index contributed by atoms with van der Waals surface area (Å²) in [5.74, 6) is 0. The van der Waals surface area contributed by atoms with Gasteiger partial charge in [-0.3, -0.25) is 0 Å². The summed E-state index contributed by atoms with van der Waals surface area (Å²) in [6, 6.07) is 0. The number of rotatable bonds is 1. The standard InChI is InChI=1S/C2H6N2.Co.K.4HNO2/c3-1-2-4;;;4*2-1-3/h3-4H,1-2H2;;;4*(H,2,3)/q-2;+3;+1;;;;/p-4. The second-order valence-corrected chi connectivity index (χ2v) is 0.798. The summed E-state index contributed by atoms with van der Waals surface area (Å²) in [4.78, 5) is 32.0. The first-order valence-corrected chi connectivity index (χ1v) is 2.67. The van der Waals surface area contributed by atoms with Crippen molar-refractivity contribution in [3.8, 4) is 0 Å². The number of nitrogens with one attached hydrogen (secondary N) is 2. The molecule has 0 saturated heterocycles. The monoisotopic (exact) mass is 340 g/mol. The predicted octanol–water partition coefficient (Wildman–Crippen LogP) is -0.905. The Bertz CT molecular complexity index is 106. The van der Waals surface area contributed by atoms with Crippen LogP contribution in [0.5, 0.6) is 0 Å². The summed E-state index contributed by atoms with van der Waals surface area (Å²) in [5.41, 5.74) is 12.5. The maximum Gasteiger partial charge on any atom is 3.00 e. The SMILES string of the molecule is O=N[O-].O=N[O-].O=N[O-].O=N[O-].[Co+3].[K+].[NH-]CC[NH-]. The van der Waals surface area contributed by atoms with Crippen molar-refractivity contribution in [1.29, 1.82) is 0 Å². The first kappa shape index (κ1) is 43.1. The predicted molar refractivity (Wildman–Crippen MR) is 55.0 cm³/mol. The minimum atomic E-state index is 0. The third kappa shape index (κ3) is 7660. The molecule has 18 heavy (non-hydrogen) atoms. The molecule has 0 fully saturated rings. The van der Waals surface area contributed by atoms with Crippen molar-refractivity contribution >= 4 is 0 Å². The molecule has 0 aromatic rings. The molecule has 0 aliphatic heterocycles. The Hall–Kier alpha value is -0.337. The third-order valence-electron chi connectivity index (χ3n) is 0.125. The van der Waals surface area contributed by atoms with Crippen molar-refractivity contribution in [2.24, 2.45) is 21.4 Å². The molecule has 0 radical (unpaired) electrons. The first-order valence-electron chi connectivity index (χ1n) is 2.67. The van der Waals surface area contributed by atoms with Gasteiger partial charge in [-0.1, -0.05) is 0 Å². The van der Waals surface area contributed by atoms with E-state index in [4.69, 9.17) is 51.9 Å². The van der Waals surface area contributed by atoms with Crippen LogP contribution in [0, 0.1) is 40.5 Å². The van der Waals surface area contributed by atoms with E-state index in [0.29, 0.717) is 0 Å². The van der Waals surface area contributed by atoms with E-state index in [1.54, 1.807) is 0 Å². The molecule has 0 aliphatic carbocycles. The zero-order chi connectivity index (χ0) is 14.2. The van der Waals surface area contributed by atoms with Gasteiger partial charge < -0.3 is 51.9 Å². The van der Waals surface area contributed by atoms with Crippen LogP contribution < -0.4 is 51.4 Å². The van der Waals surface area contributed by atoms with Crippen LogP contribution >= 0.6 is 0 Å². The van der Waals surface area contributed by atoms with Crippen LogP contribution in [0.3, 0.4) is 0 Å². The van der Waals surface area contributed by atoms with Crippen molar-refractivity contribution < 1.29 is 68.2 Å². The fourth-order valence-corrected chi connectivity index (χ4v) is 0. The summed E-state index contributed by atoms with van der Waals surface area (Å²) in [6.07, 6.45) is 0. The smallest absolute Gasteiger partial charge is 0.679 e. The number of hydrogen-bond acceptors (Lipinski definition) is 12. The topological polar surface area (TPSA) is 258 Å². The Labute approximate surface area is 153 Å². The Kier molecular flexibility index (Phi) is 305. The molecular weight excluding hydrogens is 334 g/mol. The van der Waals surface area contributed by atoms with E-state index in [9.17, 15) is 0 Å². The Morgan fingerprint density at radius 1 is 0.667 bits per heavy atom. The fourth-order valence-electron chi connectivity index (χ4n) is 0. The molecule has 0 heterocycles. The van der Waals surface area contributed by atoms with Crippen LogP contribution in [0.15, 0.2) is 21.4 Å². The third-order valence-corrected chi connectivity index (χ3v) is 0.125. The van der Waals surface area contributed by atoms with Crippen LogP contribution in [0.25, 0.3) is 11.5 Å². The van der Waals surface area contributed by atoms with E-state index >= 15 is 0 Å². The second kappa shape index (κ2) is 127. The average Bonchev–Trinajstić information content (AvgIpc) is 2.22. The zero-order valence-electron chi connectivity index (χ0n) is 8.80. The molecule has 0 unspecified atom stereocenters. The molecule has 2 N–H and O–H groups in total. The molecule has 104 valence electrons. The molecule has 0 saturated carbocycles. The molecule has 0 aliphatic rings. The molecule has 16 heteroatoms. The molecule has 0 aromatic heterocycles. The van der Waals surface area contributed by atoms with E-state index in [0.717, 1.165) is 21.4 Å². The molecular formula is C2H6CoKN6O8-2. The molecule has 0 spiro atoms. The Morgan fingerprint density at radius 3 is 0.722 bits per heavy atom. The number of nitrogens with zero attached hydrogens (tertiary/aromatic N) is 4. The summed E-state index contributed by atoms with van der Waals surface area (Å²) >= 11 is 0. The van der Waals surface area contributed by atoms with Crippen LogP contribution in [-0.2, 0) is 16.8 Å². The van der Waals surface area contributed by atoms with Gasteiger partial charge in [-0.2, -0.15) is 13.1 Å². The molecule has 0 amide bonds. The van der Waals surface area contributed by atoms with Crippen LogP contribution in [-0.4, -0.2) is 13.1 Å². The van der Waals surface area contributed by atoms with Gasteiger partial charge in [-0.25, -0.2) is 0 Å². The minimum absolute atomic E-state index is 0. The van der Waals surface area contributed by atoms with Gasteiger partial charge in [0.05, 0.1) is 0 Å². The summed E-state index contributed by atoms with van der Waals surface area (Å²) < 4.78 is 0. The van der Waals surface area contributed by atoms with Gasteiger partial charge in [-0.15, -0.1) is 21.4 Å². The quantitative estimate of drug-likeness (QED) is 0.327. The largest absolute Gasteiger partial charge is 3.00 e. The summed E-state index contributed by atoms with van der Waals surface area (Å²) in [5, 5.41) is 36.0. The van der Waals surface area contributed by atoms with E-state index in [-0.39, 0.29) is 81.3 Å². The van der Waals surface area contributed by atoms with Gasteiger partial charge in [0, 0.05) is 0 Å². The van der Waals surface area contributed by atoms with Gasteiger partial charge >= 0.3 is 68.2 Å². The molecule has 0 rings (SSSR count). The average molecular weight is 340 g/mol. The normalized spacial score (nSPS) is 4.33. The van der Waals surface area contributed by atoms with Gasteiger partial charge in [0.2, 0.25) is 0 Å². The first-order chi connectivity index (χ1) is 7.57. The zero-order valence-corrected chi connectivity index (χ0v) is 13.0. The van der Waals surface area contributed by atoms with Crippen LogP contribution in [0.2, 0.25) is 0 Å².